The summed E-state index contributed by atoms with van der Waals surface area (Å²) in [5.41, 5.74) is 0.671. The Labute approximate surface area is 184 Å². The van der Waals surface area contributed by atoms with Gasteiger partial charge in [-0.2, -0.15) is 0 Å². The van der Waals surface area contributed by atoms with Gasteiger partial charge >= 0.3 is 0 Å². The molecule has 0 saturated heterocycles. The summed E-state index contributed by atoms with van der Waals surface area (Å²) in [6, 6.07) is 11.1. The summed E-state index contributed by atoms with van der Waals surface area (Å²) in [4.78, 5) is 40.1. The fourth-order valence-corrected chi connectivity index (χ4v) is 3.12. The lowest BCUT2D eigenvalue weighted by Gasteiger charge is -2.22. The number of nitro benzene ring substituents is 1. The minimum atomic E-state index is -0.900. The predicted octanol–water partition coefficient (Wildman–Crippen LogP) is 2.36. The number of aryl methyl sites for hydroxylation is 1. The van der Waals surface area contributed by atoms with E-state index in [1.807, 2.05) is 19.2 Å². The van der Waals surface area contributed by atoms with E-state index in [4.69, 9.17) is 4.74 Å². The number of carbonyl (C=O) groups is 2. The molecule has 32 heavy (non-hydrogen) atoms. The van der Waals surface area contributed by atoms with Gasteiger partial charge in [-0.15, -0.1) is 0 Å². The molecule has 0 aliphatic carbocycles. The van der Waals surface area contributed by atoms with E-state index in [2.05, 4.69) is 15.6 Å². The molecule has 1 heterocycles. The number of hydrogen-bond acceptors (Lipinski definition) is 6. The van der Waals surface area contributed by atoms with Gasteiger partial charge in [0.1, 0.15) is 23.7 Å². The monoisotopic (exact) mass is 437 g/mol. The summed E-state index contributed by atoms with van der Waals surface area (Å²) in [6.45, 7) is 1.54. The number of methoxy groups -OCH3 is 1. The third-order valence-corrected chi connectivity index (χ3v) is 4.91. The van der Waals surface area contributed by atoms with E-state index < -0.39 is 28.8 Å². The van der Waals surface area contributed by atoms with Crippen LogP contribution in [0.5, 0.6) is 5.75 Å². The van der Waals surface area contributed by atoms with Crippen LogP contribution in [0.25, 0.3) is 0 Å². The van der Waals surface area contributed by atoms with Crippen LogP contribution < -0.4 is 15.4 Å². The molecule has 2 aromatic carbocycles. The number of aromatic nitrogens is 2. The molecule has 10 heteroatoms. The highest BCUT2D eigenvalue weighted by Gasteiger charge is 2.25. The second-order valence-corrected chi connectivity index (χ2v) is 7.11. The largest absolute Gasteiger partial charge is 0.497 e. The summed E-state index contributed by atoms with van der Waals surface area (Å²) in [7, 11) is 3.39. The molecule has 166 valence electrons. The number of non-ortho nitro benzene ring substituents is 1. The predicted molar refractivity (Wildman–Crippen MR) is 116 cm³/mol. The molecule has 2 amide bonds. The van der Waals surface area contributed by atoms with Crippen molar-refractivity contribution < 1.29 is 19.2 Å². The third kappa shape index (κ3) is 5.09. The Balaban J connectivity index is 1.76. The van der Waals surface area contributed by atoms with Gasteiger partial charge in [0.2, 0.25) is 5.91 Å². The third-order valence-electron chi connectivity index (χ3n) is 4.91. The van der Waals surface area contributed by atoms with Gasteiger partial charge in [-0.3, -0.25) is 19.7 Å². The van der Waals surface area contributed by atoms with E-state index in [0.29, 0.717) is 11.6 Å². The molecule has 0 spiro atoms. The zero-order chi connectivity index (χ0) is 23.3. The number of rotatable bonds is 8. The van der Waals surface area contributed by atoms with E-state index in [-0.39, 0.29) is 11.3 Å². The second kappa shape index (κ2) is 9.73. The SMILES string of the molecule is COc1ccc(C(NC(=O)C(C)NC(=O)c2cccc([N+](=O)[O-])c2)c2nccn2C)cc1. The molecule has 1 aromatic heterocycles. The van der Waals surface area contributed by atoms with Gasteiger partial charge in [-0.05, 0) is 30.7 Å². The van der Waals surface area contributed by atoms with Crippen LogP contribution in [0.1, 0.15) is 34.7 Å². The van der Waals surface area contributed by atoms with E-state index >= 15 is 0 Å². The summed E-state index contributed by atoms with van der Waals surface area (Å²) < 4.78 is 6.99. The molecular formula is C22H23N5O5. The molecule has 2 N–H and O–H groups in total. The first-order chi connectivity index (χ1) is 15.3. The van der Waals surface area contributed by atoms with Gasteiger partial charge in [-0.1, -0.05) is 18.2 Å². The highest BCUT2D eigenvalue weighted by molar-refractivity contribution is 5.98. The maximum atomic E-state index is 12.9. The topological polar surface area (TPSA) is 128 Å². The standard InChI is InChI=1S/C22H23N5O5/c1-14(24-22(29)16-5-4-6-17(13-16)27(30)31)21(28)25-19(20-23-11-12-26(20)2)15-7-9-18(32-3)10-8-15/h4-14,19H,1-3H3,(H,24,29)(H,25,28). The minimum Gasteiger partial charge on any atom is -0.497 e. The quantitative estimate of drug-likeness (QED) is 0.411. The van der Waals surface area contributed by atoms with Crippen LogP contribution >= 0.6 is 0 Å². The molecule has 0 bridgehead atoms. The first kappa shape index (κ1) is 22.5. The van der Waals surface area contributed by atoms with Crippen LogP contribution in [0, 0.1) is 10.1 Å². The van der Waals surface area contributed by atoms with Crippen molar-refractivity contribution in [2.75, 3.05) is 7.11 Å². The summed E-state index contributed by atoms with van der Waals surface area (Å²) in [5.74, 6) is 0.263. The minimum absolute atomic E-state index is 0.0923. The van der Waals surface area contributed by atoms with Gasteiger partial charge in [-0.25, -0.2) is 4.98 Å². The average molecular weight is 437 g/mol. The number of nitro groups is 1. The van der Waals surface area contributed by atoms with Gasteiger partial charge in [0, 0.05) is 37.1 Å². The first-order valence-electron chi connectivity index (χ1n) is 9.77. The molecular weight excluding hydrogens is 414 g/mol. The van der Waals surface area contributed by atoms with Crippen LogP contribution in [-0.2, 0) is 11.8 Å². The number of carbonyl (C=O) groups excluding carboxylic acids is 2. The Morgan fingerprint density at radius 1 is 1.16 bits per heavy atom. The maximum Gasteiger partial charge on any atom is 0.270 e. The molecule has 0 fully saturated rings. The van der Waals surface area contributed by atoms with E-state index in [1.54, 1.807) is 36.2 Å². The Bertz CT molecular complexity index is 1130. The first-order valence-corrected chi connectivity index (χ1v) is 9.77. The number of nitrogens with one attached hydrogen (secondary N) is 2. The van der Waals surface area contributed by atoms with Crippen LogP contribution in [0.4, 0.5) is 5.69 Å². The smallest absolute Gasteiger partial charge is 0.270 e. The van der Waals surface area contributed by atoms with E-state index in [9.17, 15) is 19.7 Å². The summed E-state index contributed by atoms with van der Waals surface area (Å²) >= 11 is 0. The molecule has 3 rings (SSSR count). The number of nitrogens with zero attached hydrogens (tertiary/aromatic N) is 3. The van der Waals surface area contributed by atoms with Gasteiger partial charge in [0.15, 0.2) is 0 Å². The number of amides is 2. The van der Waals surface area contributed by atoms with Gasteiger partial charge < -0.3 is 19.9 Å². The lowest BCUT2D eigenvalue weighted by Crippen LogP contribution is -2.46. The Hall–Kier alpha value is -4.21. The number of ether oxygens (including phenoxy) is 1. The zero-order valence-electron chi connectivity index (χ0n) is 17.8. The van der Waals surface area contributed by atoms with Gasteiger partial charge in [0.25, 0.3) is 11.6 Å². The van der Waals surface area contributed by atoms with Crippen molar-refractivity contribution in [3.63, 3.8) is 0 Å². The molecule has 10 nitrogen and oxygen atoms in total. The van der Waals surface area contributed by atoms with Crippen LogP contribution in [0.2, 0.25) is 0 Å². The Kier molecular flexibility index (Phi) is 6.83. The molecule has 0 aliphatic heterocycles. The van der Waals surface area contributed by atoms with Crippen molar-refractivity contribution in [1.82, 2.24) is 20.2 Å². The van der Waals surface area contributed by atoms with Crippen molar-refractivity contribution in [1.29, 1.82) is 0 Å². The van der Waals surface area contributed by atoms with Crippen LogP contribution in [0.15, 0.2) is 60.9 Å². The van der Waals surface area contributed by atoms with Crippen molar-refractivity contribution in [2.45, 2.75) is 19.0 Å². The van der Waals surface area contributed by atoms with Crippen LogP contribution in [-0.4, -0.2) is 39.4 Å². The van der Waals surface area contributed by atoms with Crippen molar-refractivity contribution >= 4 is 17.5 Å². The fourth-order valence-electron chi connectivity index (χ4n) is 3.12. The summed E-state index contributed by atoms with van der Waals surface area (Å²) in [6.07, 6.45) is 3.40. The molecule has 0 saturated carbocycles. The molecule has 2 atom stereocenters. The zero-order valence-corrected chi connectivity index (χ0v) is 17.8. The number of hydrogen-bond donors (Lipinski definition) is 2. The normalized spacial score (nSPS) is 12.5. The van der Waals surface area contributed by atoms with Crippen molar-refractivity contribution in [2.24, 2.45) is 7.05 Å². The van der Waals surface area contributed by atoms with E-state index in [1.165, 1.54) is 25.1 Å². The number of benzene rings is 2. The van der Waals surface area contributed by atoms with Crippen molar-refractivity contribution in [3.8, 4) is 5.75 Å². The lowest BCUT2D eigenvalue weighted by atomic mass is 10.1. The highest BCUT2D eigenvalue weighted by atomic mass is 16.6. The molecule has 2 unspecified atom stereocenters. The van der Waals surface area contributed by atoms with Crippen LogP contribution in [0.3, 0.4) is 0 Å². The van der Waals surface area contributed by atoms with Gasteiger partial charge in [0.05, 0.1) is 12.0 Å². The summed E-state index contributed by atoms with van der Waals surface area (Å²) in [5, 5.41) is 16.4. The molecule has 0 aliphatic rings. The number of imidazole rings is 1. The highest BCUT2D eigenvalue weighted by Crippen LogP contribution is 2.23. The molecule has 3 aromatic rings. The van der Waals surface area contributed by atoms with Crippen molar-refractivity contribution in [3.05, 3.63) is 88.0 Å². The Morgan fingerprint density at radius 3 is 2.47 bits per heavy atom. The maximum absolute atomic E-state index is 12.9. The molecule has 0 radical (unpaired) electrons. The Morgan fingerprint density at radius 2 is 1.88 bits per heavy atom. The average Bonchev–Trinajstić information content (AvgIpc) is 3.22. The van der Waals surface area contributed by atoms with E-state index in [0.717, 1.165) is 11.6 Å². The lowest BCUT2D eigenvalue weighted by molar-refractivity contribution is -0.384. The fraction of sp³-hybridized carbons (Fsp3) is 0.227. The second-order valence-electron chi connectivity index (χ2n) is 7.11.